The van der Waals surface area contributed by atoms with Crippen LogP contribution in [0.25, 0.3) is 0 Å². The fraction of sp³-hybridized carbons (Fsp3) is 0.200. The fourth-order valence-electron chi connectivity index (χ4n) is 1.77. The first-order valence-electron chi connectivity index (χ1n) is 6.06. The predicted molar refractivity (Wildman–Crippen MR) is 73.7 cm³/mol. The van der Waals surface area contributed by atoms with Crippen LogP contribution in [0.1, 0.15) is 17.2 Å². The molecule has 19 heavy (non-hydrogen) atoms. The SMILES string of the molecule is Nc1ccccc1C(O)COc1ccc(CO)cc1. The number of benzene rings is 2. The summed E-state index contributed by atoms with van der Waals surface area (Å²) in [6, 6.07) is 14.2. The standard InChI is InChI=1S/C15H17NO3/c16-14-4-2-1-3-13(14)15(18)10-19-12-7-5-11(9-17)6-8-12/h1-8,15,17-18H,9-10,16H2. The van der Waals surface area contributed by atoms with Crippen LogP contribution in [-0.2, 0) is 6.61 Å². The van der Waals surface area contributed by atoms with Crippen molar-refractivity contribution in [3.8, 4) is 5.75 Å². The van der Waals surface area contributed by atoms with E-state index in [1.807, 2.05) is 12.1 Å². The second kappa shape index (κ2) is 6.22. The molecular formula is C15H17NO3. The van der Waals surface area contributed by atoms with Gasteiger partial charge in [0.1, 0.15) is 18.5 Å². The maximum absolute atomic E-state index is 10.0. The molecule has 0 fully saturated rings. The lowest BCUT2D eigenvalue weighted by molar-refractivity contribution is 0.109. The highest BCUT2D eigenvalue weighted by atomic mass is 16.5. The fourth-order valence-corrected chi connectivity index (χ4v) is 1.77. The number of hydrogen-bond donors (Lipinski definition) is 3. The molecule has 2 aromatic carbocycles. The highest BCUT2D eigenvalue weighted by Gasteiger charge is 2.11. The smallest absolute Gasteiger partial charge is 0.119 e. The van der Waals surface area contributed by atoms with E-state index in [4.69, 9.17) is 15.6 Å². The van der Waals surface area contributed by atoms with Gasteiger partial charge < -0.3 is 20.7 Å². The van der Waals surface area contributed by atoms with E-state index in [0.717, 1.165) is 5.56 Å². The number of rotatable bonds is 5. The molecule has 0 amide bonds. The van der Waals surface area contributed by atoms with E-state index in [0.29, 0.717) is 17.0 Å². The average Bonchev–Trinajstić information content (AvgIpc) is 2.46. The van der Waals surface area contributed by atoms with Crippen molar-refractivity contribution in [1.29, 1.82) is 0 Å². The van der Waals surface area contributed by atoms with E-state index >= 15 is 0 Å². The summed E-state index contributed by atoms with van der Waals surface area (Å²) in [4.78, 5) is 0. The number of aliphatic hydroxyl groups is 2. The summed E-state index contributed by atoms with van der Waals surface area (Å²) in [7, 11) is 0. The molecular weight excluding hydrogens is 242 g/mol. The summed E-state index contributed by atoms with van der Waals surface area (Å²) in [5.41, 5.74) is 7.82. The third-order valence-corrected chi connectivity index (χ3v) is 2.87. The number of hydrogen-bond acceptors (Lipinski definition) is 4. The average molecular weight is 259 g/mol. The number of para-hydroxylation sites is 1. The minimum atomic E-state index is -0.765. The zero-order valence-corrected chi connectivity index (χ0v) is 10.5. The lowest BCUT2D eigenvalue weighted by Crippen LogP contribution is -2.11. The van der Waals surface area contributed by atoms with Gasteiger partial charge in [-0.25, -0.2) is 0 Å². The molecule has 0 aliphatic carbocycles. The summed E-state index contributed by atoms with van der Waals surface area (Å²) >= 11 is 0. The molecule has 0 aliphatic rings. The molecule has 4 nitrogen and oxygen atoms in total. The zero-order chi connectivity index (χ0) is 13.7. The Bertz CT molecular complexity index is 525. The normalized spacial score (nSPS) is 12.1. The predicted octanol–water partition coefficient (Wildman–Crippen LogP) is 1.87. The van der Waals surface area contributed by atoms with Crippen molar-refractivity contribution in [3.05, 3.63) is 59.7 Å². The maximum atomic E-state index is 10.0. The van der Waals surface area contributed by atoms with Gasteiger partial charge in [0.25, 0.3) is 0 Å². The molecule has 4 N–H and O–H groups in total. The van der Waals surface area contributed by atoms with E-state index in [1.165, 1.54) is 0 Å². The number of aliphatic hydroxyl groups excluding tert-OH is 2. The summed E-state index contributed by atoms with van der Waals surface area (Å²) in [6.45, 7) is 0.135. The third-order valence-electron chi connectivity index (χ3n) is 2.87. The molecule has 0 aromatic heterocycles. The molecule has 1 unspecified atom stereocenters. The first-order valence-corrected chi connectivity index (χ1v) is 6.06. The highest BCUT2D eigenvalue weighted by molar-refractivity contribution is 5.47. The van der Waals surface area contributed by atoms with Crippen molar-refractivity contribution in [3.63, 3.8) is 0 Å². The Morgan fingerprint density at radius 2 is 1.74 bits per heavy atom. The second-order valence-corrected chi connectivity index (χ2v) is 4.26. The molecule has 0 bridgehead atoms. The summed E-state index contributed by atoms with van der Waals surface area (Å²) < 4.78 is 5.49. The van der Waals surface area contributed by atoms with Gasteiger partial charge in [0.15, 0.2) is 0 Å². The molecule has 100 valence electrons. The lowest BCUT2D eigenvalue weighted by atomic mass is 10.1. The van der Waals surface area contributed by atoms with Crippen LogP contribution in [-0.4, -0.2) is 16.8 Å². The Hall–Kier alpha value is -2.04. The van der Waals surface area contributed by atoms with E-state index in [2.05, 4.69) is 0 Å². The minimum Gasteiger partial charge on any atom is -0.491 e. The van der Waals surface area contributed by atoms with Crippen molar-refractivity contribution in [1.82, 2.24) is 0 Å². The minimum absolute atomic E-state index is 0.00343. The van der Waals surface area contributed by atoms with E-state index < -0.39 is 6.10 Å². The topological polar surface area (TPSA) is 75.7 Å². The first kappa shape index (κ1) is 13.4. The quantitative estimate of drug-likeness (QED) is 0.716. The molecule has 4 heteroatoms. The maximum Gasteiger partial charge on any atom is 0.119 e. The van der Waals surface area contributed by atoms with Gasteiger partial charge in [-0.15, -0.1) is 0 Å². The Morgan fingerprint density at radius 3 is 2.37 bits per heavy atom. The van der Waals surface area contributed by atoms with Gasteiger partial charge in [0.2, 0.25) is 0 Å². The monoisotopic (exact) mass is 259 g/mol. The Labute approximate surface area is 112 Å². The van der Waals surface area contributed by atoms with Crippen LogP contribution >= 0.6 is 0 Å². The number of ether oxygens (including phenoxy) is 1. The van der Waals surface area contributed by atoms with Gasteiger partial charge in [-0.3, -0.25) is 0 Å². The van der Waals surface area contributed by atoms with Crippen LogP contribution < -0.4 is 10.5 Å². The van der Waals surface area contributed by atoms with Crippen LogP contribution in [0.4, 0.5) is 5.69 Å². The Kier molecular flexibility index (Phi) is 4.39. The molecule has 0 saturated heterocycles. The summed E-state index contributed by atoms with van der Waals surface area (Å²) in [5.74, 6) is 0.644. The largest absolute Gasteiger partial charge is 0.491 e. The van der Waals surface area contributed by atoms with Crippen molar-refractivity contribution in [2.75, 3.05) is 12.3 Å². The molecule has 2 aromatic rings. The first-order chi connectivity index (χ1) is 9.20. The highest BCUT2D eigenvalue weighted by Crippen LogP contribution is 2.21. The van der Waals surface area contributed by atoms with Gasteiger partial charge in [-0.05, 0) is 23.8 Å². The molecule has 2 rings (SSSR count). The Morgan fingerprint density at radius 1 is 1.05 bits per heavy atom. The van der Waals surface area contributed by atoms with Gasteiger partial charge in [0, 0.05) is 11.3 Å². The lowest BCUT2D eigenvalue weighted by Gasteiger charge is -2.14. The molecule has 0 heterocycles. The third kappa shape index (κ3) is 3.47. The zero-order valence-electron chi connectivity index (χ0n) is 10.5. The van der Waals surface area contributed by atoms with Crippen molar-refractivity contribution in [2.45, 2.75) is 12.7 Å². The van der Waals surface area contributed by atoms with Crippen LogP contribution in [0, 0.1) is 0 Å². The van der Waals surface area contributed by atoms with Gasteiger partial charge in [0.05, 0.1) is 6.61 Å². The van der Waals surface area contributed by atoms with Crippen LogP contribution in [0.2, 0.25) is 0 Å². The number of anilines is 1. The van der Waals surface area contributed by atoms with E-state index in [9.17, 15) is 5.11 Å². The van der Waals surface area contributed by atoms with Gasteiger partial charge >= 0.3 is 0 Å². The van der Waals surface area contributed by atoms with Crippen molar-refractivity contribution < 1.29 is 14.9 Å². The van der Waals surface area contributed by atoms with Gasteiger partial charge in [-0.2, -0.15) is 0 Å². The van der Waals surface area contributed by atoms with Gasteiger partial charge in [-0.1, -0.05) is 30.3 Å². The van der Waals surface area contributed by atoms with Crippen molar-refractivity contribution >= 4 is 5.69 Å². The molecule has 1 atom stereocenters. The van der Waals surface area contributed by atoms with Crippen LogP contribution in [0.15, 0.2) is 48.5 Å². The molecule has 0 spiro atoms. The van der Waals surface area contributed by atoms with Crippen LogP contribution in [0.5, 0.6) is 5.75 Å². The second-order valence-electron chi connectivity index (χ2n) is 4.26. The van der Waals surface area contributed by atoms with E-state index in [1.54, 1.807) is 36.4 Å². The number of nitrogen functional groups attached to an aromatic ring is 1. The Balaban J connectivity index is 1.96. The molecule has 0 aliphatic heterocycles. The number of nitrogens with two attached hydrogens (primary N) is 1. The summed E-state index contributed by atoms with van der Waals surface area (Å²) in [5, 5.41) is 18.9. The van der Waals surface area contributed by atoms with Crippen molar-refractivity contribution in [2.24, 2.45) is 0 Å². The van der Waals surface area contributed by atoms with E-state index in [-0.39, 0.29) is 13.2 Å². The molecule has 0 saturated carbocycles. The summed E-state index contributed by atoms with van der Waals surface area (Å²) in [6.07, 6.45) is -0.765. The van der Waals surface area contributed by atoms with Crippen LogP contribution in [0.3, 0.4) is 0 Å². The molecule has 0 radical (unpaired) electrons.